The summed E-state index contributed by atoms with van der Waals surface area (Å²) in [5.41, 5.74) is 12.5. The summed E-state index contributed by atoms with van der Waals surface area (Å²) in [6.45, 7) is 6.21. The van der Waals surface area contributed by atoms with Crippen molar-refractivity contribution >= 4 is 17.1 Å². The number of nitrogen functional groups attached to an aromatic ring is 1. The zero-order valence-electron chi connectivity index (χ0n) is 10.5. The zero-order chi connectivity index (χ0) is 12.4. The van der Waals surface area contributed by atoms with Gasteiger partial charge in [-0.25, -0.2) is 0 Å². The van der Waals surface area contributed by atoms with Gasteiger partial charge in [-0.3, -0.25) is 0 Å². The highest BCUT2D eigenvalue weighted by Gasteiger charge is 1.99. The lowest BCUT2D eigenvalue weighted by molar-refractivity contribution is 1.37. The third-order valence-electron chi connectivity index (χ3n) is 2.79. The average molecular weight is 226 g/mol. The maximum Gasteiger partial charge on any atom is 0.0405 e. The van der Waals surface area contributed by atoms with Crippen LogP contribution in [-0.4, -0.2) is 0 Å². The number of benzene rings is 2. The zero-order valence-corrected chi connectivity index (χ0v) is 10.5. The van der Waals surface area contributed by atoms with Crippen molar-refractivity contribution in [3.63, 3.8) is 0 Å². The molecule has 0 aliphatic heterocycles. The standard InChI is InChI=1S/C15H18N2/c1-10-6-11(2)8-14(7-10)17-13-5-4-12(3)15(16)9-13/h4-9,17H,16H2,1-3H3. The second-order valence-electron chi connectivity index (χ2n) is 4.57. The molecular weight excluding hydrogens is 208 g/mol. The quantitative estimate of drug-likeness (QED) is 0.761. The number of nitrogens with two attached hydrogens (primary N) is 1. The minimum atomic E-state index is 0.819. The minimum absolute atomic E-state index is 0.819. The number of rotatable bonds is 2. The molecule has 2 aromatic carbocycles. The number of anilines is 3. The summed E-state index contributed by atoms with van der Waals surface area (Å²) in [6.07, 6.45) is 0. The van der Waals surface area contributed by atoms with Crippen molar-refractivity contribution in [3.8, 4) is 0 Å². The lowest BCUT2D eigenvalue weighted by Gasteiger charge is -2.10. The Morgan fingerprint density at radius 1 is 0.824 bits per heavy atom. The normalized spacial score (nSPS) is 10.3. The molecule has 17 heavy (non-hydrogen) atoms. The van der Waals surface area contributed by atoms with E-state index in [2.05, 4.69) is 37.4 Å². The van der Waals surface area contributed by atoms with Crippen molar-refractivity contribution in [3.05, 3.63) is 53.1 Å². The van der Waals surface area contributed by atoms with E-state index in [1.165, 1.54) is 11.1 Å². The summed E-state index contributed by atoms with van der Waals surface area (Å²) in [4.78, 5) is 0. The van der Waals surface area contributed by atoms with E-state index in [4.69, 9.17) is 5.73 Å². The summed E-state index contributed by atoms with van der Waals surface area (Å²) in [6, 6.07) is 12.5. The van der Waals surface area contributed by atoms with Crippen LogP contribution >= 0.6 is 0 Å². The highest BCUT2D eigenvalue weighted by Crippen LogP contribution is 2.22. The Labute approximate surface area is 102 Å². The lowest BCUT2D eigenvalue weighted by Crippen LogP contribution is -1.95. The Morgan fingerprint density at radius 2 is 1.47 bits per heavy atom. The SMILES string of the molecule is Cc1cc(C)cc(Nc2ccc(C)c(N)c2)c1. The summed E-state index contributed by atoms with van der Waals surface area (Å²) < 4.78 is 0. The Kier molecular flexibility index (Phi) is 3.05. The fraction of sp³-hybridized carbons (Fsp3) is 0.200. The van der Waals surface area contributed by atoms with Gasteiger partial charge in [0.05, 0.1) is 0 Å². The van der Waals surface area contributed by atoms with E-state index in [0.717, 1.165) is 22.6 Å². The van der Waals surface area contributed by atoms with E-state index in [9.17, 15) is 0 Å². The molecule has 0 aromatic heterocycles. The molecule has 2 heteroatoms. The van der Waals surface area contributed by atoms with Crippen LogP contribution in [0.3, 0.4) is 0 Å². The Hall–Kier alpha value is -1.96. The first kappa shape index (κ1) is 11.5. The molecule has 0 atom stereocenters. The van der Waals surface area contributed by atoms with Crippen LogP contribution in [0.25, 0.3) is 0 Å². The molecule has 0 heterocycles. The number of hydrogen-bond donors (Lipinski definition) is 2. The van der Waals surface area contributed by atoms with Gasteiger partial charge in [0.15, 0.2) is 0 Å². The van der Waals surface area contributed by atoms with Crippen LogP contribution in [0.1, 0.15) is 16.7 Å². The van der Waals surface area contributed by atoms with Gasteiger partial charge in [-0.15, -0.1) is 0 Å². The van der Waals surface area contributed by atoms with Crippen LogP contribution in [-0.2, 0) is 0 Å². The van der Waals surface area contributed by atoms with Gasteiger partial charge in [-0.2, -0.15) is 0 Å². The van der Waals surface area contributed by atoms with Crippen LogP contribution in [0.2, 0.25) is 0 Å². The summed E-state index contributed by atoms with van der Waals surface area (Å²) >= 11 is 0. The molecule has 0 aliphatic carbocycles. The predicted molar refractivity (Wildman–Crippen MR) is 74.8 cm³/mol. The first-order valence-electron chi connectivity index (χ1n) is 5.76. The monoisotopic (exact) mass is 226 g/mol. The van der Waals surface area contributed by atoms with Crippen molar-refractivity contribution in [2.24, 2.45) is 0 Å². The lowest BCUT2D eigenvalue weighted by atomic mass is 10.1. The van der Waals surface area contributed by atoms with E-state index >= 15 is 0 Å². The molecule has 0 spiro atoms. The first-order valence-corrected chi connectivity index (χ1v) is 5.76. The van der Waals surface area contributed by atoms with Crippen molar-refractivity contribution in [1.82, 2.24) is 0 Å². The van der Waals surface area contributed by atoms with E-state index in [0.29, 0.717) is 0 Å². The second kappa shape index (κ2) is 4.50. The van der Waals surface area contributed by atoms with Gasteiger partial charge in [-0.1, -0.05) is 12.1 Å². The van der Waals surface area contributed by atoms with Gasteiger partial charge in [0, 0.05) is 17.1 Å². The molecule has 0 amide bonds. The topological polar surface area (TPSA) is 38.0 Å². The summed E-state index contributed by atoms with van der Waals surface area (Å²) in [5.74, 6) is 0. The van der Waals surface area contributed by atoms with Crippen LogP contribution in [0.5, 0.6) is 0 Å². The highest BCUT2D eigenvalue weighted by molar-refractivity contribution is 5.66. The van der Waals surface area contributed by atoms with Gasteiger partial charge in [0.1, 0.15) is 0 Å². The average Bonchev–Trinajstić information content (AvgIpc) is 2.22. The molecule has 2 aromatic rings. The third kappa shape index (κ3) is 2.78. The van der Waals surface area contributed by atoms with Crippen molar-refractivity contribution in [1.29, 1.82) is 0 Å². The largest absolute Gasteiger partial charge is 0.398 e. The van der Waals surface area contributed by atoms with Crippen LogP contribution in [0, 0.1) is 20.8 Å². The summed E-state index contributed by atoms with van der Waals surface area (Å²) in [5, 5.41) is 3.37. The molecule has 2 nitrogen and oxygen atoms in total. The second-order valence-corrected chi connectivity index (χ2v) is 4.57. The van der Waals surface area contributed by atoms with E-state index < -0.39 is 0 Å². The number of nitrogens with one attached hydrogen (secondary N) is 1. The molecule has 0 fully saturated rings. The molecular formula is C15H18N2. The highest BCUT2D eigenvalue weighted by atomic mass is 14.9. The fourth-order valence-electron chi connectivity index (χ4n) is 1.93. The molecule has 0 saturated carbocycles. The maximum absolute atomic E-state index is 5.89. The third-order valence-corrected chi connectivity index (χ3v) is 2.79. The van der Waals surface area contributed by atoms with Crippen LogP contribution < -0.4 is 11.1 Å². The predicted octanol–water partition coefficient (Wildman–Crippen LogP) is 3.94. The molecule has 0 unspecified atom stereocenters. The Morgan fingerprint density at radius 3 is 2.06 bits per heavy atom. The van der Waals surface area contributed by atoms with E-state index in [-0.39, 0.29) is 0 Å². The molecule has 2 rings (SSSR count). The minimum Gasteiger partial charge on any atom is -0.398 e. The van der Waals surface area contributed by atoms with Crippen LogP contribution in [0.4, 0.5) is 17.1 Å². The molecule has 0 aliphatic rings. The van der Waals surface area contributed by atoms with Crippen molar-refractivity contribution in [2.75, 3.05) is 11.1 Å². The summed E-state index contributed by atoms with van der Waals surface area (Å²) in [7, 11) is 0. The van der Waals surface area contributed by atoms with Gasteiger partial charge < -0.3 is 11.1 Å². The van der Waals surface area contributed by atoms with Crippen molar-refractivity contribution in [2.45, 2.75) is 20.8 Å². The smallest absolute Gasteiger partial charge is 0.0405 e. The van der Waals surface area contributed by atoms with Crippen molar-refractivity contribution < 1.29 is 0 Å². The first-order chi connectivity index (χ1) is 8.04. The van der Waals surface area contributed by atoms with E-state index in [1.54, 1.807) is 0 Å². The number of hydrogen-bond acceptors (Lipinski definition) is 2. The van der Waals surface area contributed by atoms with Gasteiger partial charge in [-0.05, 0) is 61.7 Å². The van der Waals surface area contributed by atoms with Crippen LogP contribution in [0.15, 0.2) is 36.4 Å². The molecule has 0 saturated heterocycles. The molecule has 0 bridgehead atoms. The number of aryl methyl sites for hydroxylation is 3. The Balaban J connectivity index is 2.28. The van der Waals surface area contributed by atoms with Gasteiger partial charge in [0.25, 0.3) is 0 Å². The maximum atomic E-state index is 5.89. The van der Waals surface area contributed by atoms with Gasteiger partial charge in [0.2, 0.25) is 0 Å². The van der Waals surface area contributed by atoms with E-state index in [1.807, 2.05) is 25.1 Å². The Bertz CT molecular complexity index is 524. The molecule has 88 valence electrons. The fourth-order valence-corrected chi connectivity index (χ4v) is 1.93. The molecule has 3 N–H and O–H groups in total. The molecule has 0 radical (unpaired) electrons. The van der Waals surface area contributed by atoms with Gasteiger partial charge >= 0.3 is 0 Å².